The molecule has 0 unspecified atom stereocenters. The minimum absolute atomic E-state index is 0.223. The Bertz CT molecular complexity index is 1060. The number of nitriles is 1. The van der Waals surface area contributed by atoms with Gasteiger partial charge >= 0.3 is 0 Å². The standard InChI is InChI=1S/C20H16ClN5O/c1-12-6-7-15(21)10-17(12)25-19(27)18-8-13(2)23-20(26-18)24-16-5-3-4-14(9-16)11-22/h3-10H,1-2H3,(H,25,27)(H,23,24,26). The molecule has 6 nitrogen and oxygen atoms in total. The quantitative estimate of drug-likeness (QED) is 0.692. The molecule has 0 atom stereocenters. The minimum Gasteiger partial charge on any atom is -0.324 e. The first-order valence-corrected chi connectivity index (χ1v) is 8.53. The van der Waals surface area contributed by atoms with Crippen LogP contribution in [0.25, 0.3) is 0 Å². The average Bonchev–Trinajstić information content (AvgIpc) is 2.64. The van der Waals surface area contributed by atoms with Crippen LogP contribution in [0.4, 0.5) is 17.3 Å². The van der Waals surface area contributed by atoms with E-state index < -0.39 is 0 Å². The van der Waals surface area contributed by atoms with E-state index in [2.05, 4.69) is 26.7 Å². The molecule has 134 valence electrons. The lowest BCUT2D eigenvalue weighted by Crippen LogP contribution is -2.16. The number of nitrogens with one attached hydrogen (secondary N) is 2. The van der Waals surface area contributed by atoms with Crippen LogP contribution in [0.15, 0.2) is 48.5 Å². The number of aryl methyl sites for hydroxylation is 2. The van der Waals surface area contributed by atoms with E-state index in [0.29, 0.717) is 27.7 Å². The molecular weight excluding hydrogens is 362 g/mol. The molecule has 0 aliphatic carbocycles. The van der Waals surface area contributed by atoms with Gasteiger partial charge in [0.15, 0.2) is 0 Å². The SMILES string of the molecule is Cc1cc(C(=O)Nc2cc(Cl)ccc2C)nc(Nc2cccc(C#N)c2)n1. The first-order valence-electron chi connectivity index (χ1n) is 8.15. The molecule has 1 amide bonds. The zero-order chi connectivity index (χ0) is 19.4. The topological polar surface area (TPSA) is 90.7 Å². The highest BCUT2D eigenvalue weighted by molar-refractivity contribution is 6.31. The normalized spacial score (nSPS) is 10.1. The number of anilines is 3. The van der Waals surface area contributed by atoms with Gasteiger partial charge in [-0.3, -0.25) is 4.79 Å². The number of hydrogen-bond acceptors (Lipinski definition) is 5. The Morgan fingerprint density at radius 1 is 1.11 bits per heavy atom. The van der Waals surface area contributed by atoms with Gasteiger partial charge in [-0.05, 0) is 55.8 Å². The smallest absolute Gasteiger partial charge is 0.274 e. The summed E-state index contributed by atoms with van der Waals surface area (Å²) in [7, 11) is 0. The van der Waals surface area contributed by atoms with Crippen LogP contribution in [0.1, 0.15) is 27.3 Å². The molecule has 0 radical (unpaired) electrons. The van der Waals surface area contributed by atoms with E-state index in [1.165, 1.54) is 0 Å². The lowest BCUT2D eigenvalue weighted by atomic mass is 10.2. The van der Waals surface area contributed by atoms with Crippen LogP contribution in [-0.4, -0.2) is 15.9 Å². The first kappa shape index (κ1) is 18.4. The zero-order valence-electron chi connectivity index (χ0n) is 14.7. The molecule has 0 aliphatic heterocycles. The Balaban J connectivity index is 1.85. The summed E-state index contributed by atoms with van der Waals surface area (Å²) in [5.74, 6) is -0.0854. The van der Waals surface area contributed by atoms with E-state index in [1.807, 2.05) is 13.0 Å². The highest BCUT2D eigenvalue weighted by Gasteiger charge is 2.13. The number of carbonyl (C=O) groups excluding carboxylic acids is 1. The van der Waals surface area contributed by atoms with Crippen molar-refractivity contribution in [2.24, 2.45) is 0 Å². The van der Waals surface area contributed by atoms with E-state index in [1.54, 1.807) is 49.4 Å². The molecule has 2 N–H and O–H groups in total. The van der Waals surface area contributed by atoms with Gasteiger partial charge in [-0.2, -0.15) is 5.26 Å². The van der Waals surface area contributed by atoms with E-state index in [-0.39, 0.29) is 17.5 Å². The summed E-state index contributed by atoms with van der Waals surface area (Å²) in [6, 6.07) is 15.9. The fourth-order valence-electron chi connectivity index (χ4n) is 2.45. The fourth-order valence-corrected chi connectivity index (χ4v) is 2.62. The molecule has 0 bridgehead atoms. The van der Waals surface area contributed by atoms with Crippen molar-refractivity contribution < 1.29 is 4.79 Å². The highest BCUT2D eigenvalue weighted by Crippen LogP contribution is 2.21. The Labute approximate surface area is 161 Å². The molecule has 0 spiro atoms. The van der Waals surface area contributed by atoms with Crippen LogP contribution >= 0.6 is 11.6 Å². The summed E-state index contributed by atoms with van der Waals surface area (Å²) in [6.07, 6.45) is 0. The van der Waals surface area contributed by atoms with Crippen molar-refractivity contribution in [1.82, 2.24) is 9.97 Å². The van der Waals surface area contributed by atoms with Gasteiger partial charge in [0.25, 0.3) is 5.91 Å². The van der Waals surface area contributed by atoms with Gasteiger partial charge in [-0.15, -0.1) is 0 Å². The summed E-state index contributed by atoms with van der Waals surface area (Å²) in [4.78, 5) is 21.2. The van der Waals surface area contributed by atoms with E-state index in [9.17, 15) is 4.79 Å². The number of amides is 1. The summed E-state index contributed by atoms with van der Waals surface area (Å²) >= 11 is 6.00. The predicted octanol–water partition coefficient (Wildman–Crippen LogP) is 4.61. The van der Waals surface area contributed by atoms with Crippen LogP contribution in [0.3, 0.4) is 0 Å². The van der Waals surface area contributed by atoms with Crippen LogP contribution in [0.2, 0.25) is 5.02 Å². The Kier molecular flexibility index (Phi) is 5.34. The molecule has 0 saturated carbocycles. The Hall–Kier alpha value is -3.43. The fraction of sp³-hybridized carbons (Fsp3) is 0.100. The third-order valence-electron chi connectivity index (χ3n) is 3.78. The minimum atomic E-state index is -0.361. The number of halogens is 1. The van der Waals surface area contributed by atoms with Crippen molar-refractivity contribution in [3.05, 3.63) is 76.1 Å². The summed E-state index contributed by atoms with van der Waals surface area (Å²) < 4.78 is 0. The zero-order valence-corrected chi connectivity index (χ0v) is 15.5. The predicted molar refractivity (Wildman–Crippen MR) is 105 cm³/mol. The third kappa shape index (κ3) is 4.60. The number of carbonyl (C=O) groups is 1. The molecule has 0 saturated heterocycles. The molecule has 1 heterocycles. The number of hydrogen-bond donors (Lipinski definition) is 2. The highest BCUT2D eigenvalue weighted by atomic mass is 35.5. The van der Waals surface area contributed by atoms with Crippen molar-refractivity contribution in [2.75, 3.05) is 10.6 Å². The second kappa shape index (κ2) is 7.85. The van der Waals surface area contributed by atoms with Crippen molar-refractivity contribution in [2.45, 2.75) is 13.8 Å². The first-order chi connectivity index (χ1) is 12.9. The molecular formula is C20H16ClN5O. The second-order valence-electron chi connectivity index (χ2n) is 5.95. The van der Waals surface area contributed by atoms with Gasteiger partial charge < -0.3 is 10.6 Å². The van der Waals surface area contributed by atoms with E-state index in [4.69, 9.17) is 16.9 Å². The number of benzene rings is 2. The van der Waals surface area contributed by atoms with Crippen LogP contribution < -0.4 is 10.6 Å². The molecule has 1 aromatic heterocycles. The molecule has 7 heteroatoms. The summed E-state index contributed by atoms with van der Waals surface area (Å²) in [5, 5.41) is 15.4. The molecule has 3 rings (SSSR count). The summed E-state index contributed by atoms with van der Waals surface area (Å²) in [6.45, 7) is 3.66. The van der Waals surface area contributed by atoms with Gasteiger partial charge in [-0.25, -0.2) is 9.97 Å². The lowest BCUT2D eigenvalue weighted by Gasteiger charge is -2.11. The number of aromatic nitrogens is 2. The van der Waals surface area contributed by atoms with Gasteiger partial charge in [0.05, 0.1) is 11.6 Å². The maximum absolute atomic E-state index is 12.6. The van der Waals surface area contributed by atoms with E-state index in [0.717, 1.165) is 5.56 Å². The monoisotopic (exact) mass is 377 g/mol. The van der Waals surface area contributed by atoms with Crippen molar-refractivity contribution >= 4 is 34.8 Å². The maximum Gasteiger partial charge on any atom is 0.274 e. The molecule has 3 aromatic rings. The Morgan fingerprint density at radius 3 is 2.70 bits per heavy atom. The molecule has 27 heavy (non-hydrogen) atoms. The third-order valence-corrected chi connectivity index (χ3v) is 4.02. The van der Waals surface area contributed by atoms with Crippen LogP contribution in [0.5, 0.6) is 0 Å². The van der Waals surface area contributed by atoms with Crippen LogP contribution in [0, 0.1) is 25.2 Å². The molecule has 0 aliphatic rings. The van der Waals surface area contributed by atoms with Gasteiger partial charge in [0.1, 0.15) is 5.69 Å². The van der Waals surface area contributed by atoms with Crippen molar-refractivity contribution in [3.8, 4) is 6.07 Å². The average molecular weight is 378 g/mol. The number of nitrogens with zero attached hydrogens (tertiary/aromatic N) is 3. The number of rotatable bonds is 4. The largest absolute Gasteiger partial charge is 0.324 e. The molecule has 2 aromatic carbocycles. The maximum atomic E-state index is 12.6. The van der Waals surface area contributed by atoms with Gasteiger partial charge in [-0.1, -0.05) is 23.7 Å². The van der Waals surface area contributed by atoms with E-state index >= 15 is 0 Å². The summed E-state index contributed by atoms with van der Waals surface area (Å²) in [5.41, 5.74) is 3.56. The van der Waals surface area contributed by atoms with Gasteiger partial charge in [0, 0.05) is 22.1 Å². The Morgan fingerprint density at radius 2 is 1.93 bits per heavy atom. The van der Waals surface area contributed by atoms with Gasteiger partial charge in [0.2, 0.25) is 5.95 Å². The second-order valence-corrected chi connectivity index (χ2v) is 6.39. The van der Waals surface area contributed by atoms with Crippen molar-refractivity contribution in [1.29, 1.82) is 5.26 Å². The molecule has 0 fully saturated rings. The van der Waals surface area contributed by atoms with Crippen molar-refractivity contribution in [3.63, 3.8) is 0 Å². The lowest BCUT2D eigenvalue weighted by molar-refractivity contribution is 0.102. The van der Waals surface area contributed by atoms with Crippen LogP contribution in [-0.2, 0) is 0 Å².